The molecule has 0 amide bonds. The molecule has 3 rings (SSSR count). The standard InChI is InChI=1S/C14H17NO3/c1-9-7-11(15-3-5-17-6-4-15)8-12-13(9)10(2)14(16)18-12/h7-8,10H,3-6H2,1-2H3. The lowest BCUT2D eigenvalue weighted by molar-refractivity contribution is -0.133. The molecule has 0 spiro atoms. The molecule has 2 aliphatic rings. The second kappa shape index (κ2) is 4.28. The van der Waals surface area contributed by atoms with Crippen molar-refractivity contribution in [2.24, 2.45) is 0 Å². The number of morpholine rings is 1. The highest BCUT2D eigenvalue weighted by Crippen LogP contribution is 2.40. The van der Waals surface area contributed by atoms with Crippen LogP contribution in [0.5, 0.6) is 5.75 Å². The summed E-state index contributed by atoms with van der Waals surface area (Å²) in [4.78, 5) is 13.9. The first-order valence-corrected chi connectivity index (χ1v) is 6.36. The van der Waals surface area contributed by atoms with E-state index in [2.05, 4.69) is 11.0 Å². The van der Waals surface area contributed by atoms with Gasteiger partial charge >= 0.3 is 5.97 Å². The number of carbonyl (C=O) groups excluding carboxylic acids is 1. The van der Waals surface area contributed by atoms with Crippen LogP contribution in [-0.2, 0) is 9.53 Å². The average Bonchev–Trinajstić information content (AvgIpc) is 2.66. The predicted octanol–water partition coefficient (Wildman–Crippen LogP) is 1.85. The number of rotatable bonds is 1. The Morgan fingerprint density at radius 3 is 2.72 bits per heavy atom. The van der Waals surface area contributed by atoms with Crippen molar-refractivity contribution in [2.75, 3.05) is 31.2 Å². The molecular formula is C14H17NO3. The van der Waals surface area contributed by atoms with Crippen molar-refractivity contribution in [3.05, 3.63) is 23.3 Å². The Morgan fingerprint density at radius 2 is 2.00 bits per heavy atom. The van der Waals surface area contributed by atoms with Crippen molar-refractivity contribution >= 4 is 11.7 Å². The summed E-state index contributed by atoms with van der Waals surface area (Å²) in [6.07, 6.45) is 0. The Kier molecular flexibility index (Phi) is 2.74. The molecule has 0 aromatic heterocycles. The second-order valence-corrected chi connectivity index (χ2v) is 4.92. The first-order valence-electron chi connectivity index (χ1n) is 6.36. The first-order chi connectivity index (χ1) is 8.66. The van der Waals surface area contributed by atoms with Crippen molar-refractivity contribution in [1.29, 1.82) is 0 Å². The van der Waals surface area contributed by atoms with Gasteiger partial charge in [-0.2, -0.15) is 0 Å². The van der Waals surface area contributed by atoms with E-state index < -0.39 is 0 Å². The summed E-state index contributed by atoms with van der Waals surface area (Å²) >= 11 is 0. The van der Waals surface area contributed by atoms with E-state index in [1.807, 2.05) is 19.9 Å². The Bertz CT molecular complexity index is 492. The lowest BCUT2D eigenvalue weighted by atomic mass is 9.97. The molecule has 1 aromatic rings. The molecular weight excluding hydrogens is 230 g/mol. The van der Waals surface area contributed by atoms with Gasteiger partial charge in [0.15, 0.2) is 0 Å². The van der Waals surface area contributed by atoms with E-state index in [0.717, 1.165) is 48.9 Å². The molecule has 1 fully saturated rings. The topological polar surface area (TPSA) is 38.8 Å². The minimum Gasteiger partial charge on any atom is -0.426 e. The molecule has 1 aromatic carbocycles. The van der Waals surface area contributed by atoms with Crippen LogP contribution in [0.25, 0.3) is 0 Å². The van der Waals surface area contributed by atoms with E-state index in [-0.39, 0.29) is 11.9 Å². The molecule has 18 heavy (non-hydrogen) atoms. The molecule has 4 heteroatoms. The van der Waals surface area contributed by atoms with Crippen LogP contribution in [0, 0.1) is 6.92 Å². The molecule has 0 radical (unpaired) electrons. The molecule has 4 nitrogen and oxygen atoms in total. The number of benzene rings is 1. The summed E-state index contributed by atoms with van der Waals surface area (Å²) in [7, 11) is 0. The minimum atomic E-state index is -0.146. The number of esters is 1. The Hall–Kier alpha value is -1.55. The summed E-state index contributed by atoms with van der Waals surface area (Å²) in [5, 5.41) is 0. The lowest BCUT2D eigenvalue weighted by Gasteiger charge is -2.29. The zero-order valence-corrected chi connectivity index (χ0v) is 10.7. The minimum absolute atomic E-state index is 0.140. The number of aryl methyl sites for hydroxylation is 1. The number of ether oxygens (including phenoxy) is 2. The SMILES string of the molecule is Cc1cc(N2CCOCC2)cc2c1C(C)C(=O)O2. The maximum atomic E-state index is 11.6. The van der Waals surface area contributed by atoms with Crippen LogP contribution in [0.1, 0.15) is 24.0 Å². The van der Waals surface area contributed by atoms with Gasteiger partial charge in [0.2, 0.25) is 0 Å². The van der Waals surface area contributed by atoms with Crippen molar-refractivity contribution in [3.63, 3.8) is 0 Å². The van der Waals surface area contributed by atoms with Crippen molar-refractivity contribution < 1.29 is 14.3 Å². The van der Waals surface area contributed by atoms with Crippen LogP contribution in [0.2, 0.25) is 0 Å². The van der Waals surface area contributed by atoms with Crippen LogP contribution in [0.4, 0.5) is 5.69 Å². The molecule has 1 unspecified atom stereocenters. The Morgan fingerprint density at radius 1 is 1.28 bits per heavy atom. The van der Waals surface area contributed by atoms with E-state index in [9.17, 15) is 4.79 Å². The molecule has 1 saturated heterocycles. The molecule has 1 atom stereocenters. The zero-order chi connectivity index (χ0) is 12.7. The molecule has 0 aliphatic carbocycles. The zero-order valence-electron chi connectivity index (χ0n) is 10.7. The average molecular weight is 247 g/mol. The van der Waals surface area contributed by atoms with Gasteiger partial charge in [0.25, 0.3) is 0 Å². The van der Waals surface area contributed by atoms with Crippen LogP contribution >= 0.6 is 0 Å². The Labute approximate surface area is 106 Å². The van der Waals surface area contributed by atoms with Gasteiger partial charge in [-0.3, -0.25) is 4.79 Å². The van der Waals surface area contributed by atoms with Crippen LogP contribution < -0.4 is 9.64 Å². The lowest BCUT2D eigenvalue weighted by Crippen LogP contribution is -2.36. The van der Waals surface area contributed by atoms with E-state index in [1.54, 1.807) is 0 Å². The number of anilines is 1. The molecule has 0 saturated carbocycles. The molecule has 0 bridgehead atoms. The van der Waals surface area contributed by atoms with Gasteiger partial charge in [-0.1, -0.05) is 0 Å². The molecule has 2 heterocycles. The van der Waals surface area contributed by atoms with Gasteiger partial charge in [0.1, 0.15) is 5.75 Å². The summed E-state index contributed by atoms with van der Waals surface area (Å²) in [6.45, 7) is 7.24. The predicted molar refractivity (Wildman–Crippen MR) is 68.3 cm³/mol. The summed E-state index contributed by atoms with van der Waals surface area (Å²) in [6, 6.07) is 4.12. The fraction of sp³-hybridized carbons (Fsp3) is 0.500. The largest absolute Gasteiger partial charge is 0.426 e. The number of carbonyl (C=O) groups is 1. The maximum Gasteiger partial charge on any atom is 0.318 e. The van der Waals surface area contributed by atoms with Crippen LogP contribution in [-0.4, -0.2) is 32.3 Å². The maximum absolute atomic E-state index is 11.6. The number of hydrogen-bond acceptors (Lipinski definition) is 4. The third-order valence-electron chi connectivity index (χ3n) is 3.71. The van der Waals surface area contributed by atoms with Crippen molar-refractivity contribution in [1.82, 2.24) is 0 Å². The number of nitrogens with zero attached hydrogens (tertiary/aromatic N) is 1. The van der Waals surface area contributed by atoms with E-state index in [1.165, 1.54) is 0 Å². The Balaban J connectivity index is 1.97. The van der Waals surface area contributed by atoms with Crippen molar-refractivity contribution in [3.8, 4) is 5.75 Å². The van der Waals surface area contributed by atoms with Crippen molar-refractivity contribution in [2.45, 2.75) is 19.8 Å². The van der Waals surface area contributed by atoms with Crippen LogP contribution in [0.15, 0.2) is 12.1 Å². The highest BCUT2D eigenvalue weighted by Gasteiger charge is 2.31. The molecule has 2 aliphatic heterocycles. The summed E-state index contributed by atoms with van der Waals surface area (Å²) in [5.41, 5.74) is 3.29. The normalized spacial score (nSPS) is 22.9. The fourth-order valence-corrected chi connectivity index (χ4v) is 2.71. The highest BCUT2D eigenvalue weighted by molar-refractivity contribution is 5.87. The first kappa shape index (κ1) is 11.5. The van der Waals surface area contributed by atoms with Gasteiger partial charge in [0.05, 0.1) is 19.1 Å². The van der Waals surface area contributed by atoms with E-state index in [0.29, 0.717) is 0 Å². The molecule has 0 N–H and O–H groups in total. The van der Waals surface area contributed by atoms with E-state index >= 15 is 0 Å². The van der Waals surface area contributed by atoms with E-state index in [4.69, 9.17) is 9.47 Å². The second-order valence-electron chi connectivity index (χ2n) is 4.92. The summed E-state index contributed by atoms with van der Waals surface area (Å²) in [5.74, 6) is 0.444. The van der Waals surface area contributed by atoms with Gasteiger partial charge < -0.3 is 14.4 Å². The van der Waals surface area contributed by atoms with Crippen LogP contribution in [0.3, 0.4) is 0 Å². The number of hydrogen-bond donors (Lipinski definition) is 0. The van der Waals surface area contributed by atoms with Gasteiger partial charge in [-0.25, -0.2) is 0 Å². The fourth-order valence-electron chi connectivity index (χ4n) is 2.71. The number of fused-ring (bicyclic) bond motifs is 1. The van der Waals surface area contributed by atoms with Gasteiger partial charge in [0, 0.05) is 30.4 Å². The third-order valence-corrected chi connectivity index (χ3v) is 3.71. The third kappa shape index (κ3) is 1.77. The monoisotopic (exact) mass is 247 g/mol. The van der Waals surface area contributed by atoms with Gasteiger partial charge in [-0.05, 0) is 25.5 Å². The molecule has 96 valence electrons. The smallest absolute Gasteiger partial charge is 0.318 e. The quantitative estimate of drug-likeness (QED) is 0.561. The summed E-state index contributed by atoms with van der Waals surface area (Å²) < 4.78 is 10.7. The highest BCUT2D eigenvalue weighted by atomic mass is 16.5. The van der Waals surface area contributed by atoms with Gasteiger partial charge in [-0.15, -0.1) is 0 Å².